The van der Waals surface area contributed by atoms with Gasteiger partial charge in [-0.05, 0) is 36.6 Å². The first kappa shape index (κ1) is 18.6. The van der Waals surface area contributed by atoms with Crippen molar-refractivity contribution in [1.82, 2.24) is 5.32 Å². The van der Waals surface area contributed by atoms with Crippen LogP contribution in [-0.2, 0) is 11.2 Å². The number of benzene rings is 2. The average molecular weight is 342 g/mol. The second-order valence-corrected chi connectivity index (χ2v) is 5.84. The highest BCUT2D eigenvalue weighted by Gasteiger charge is 2.17. The molecule has 1 N–H and O–H groups in total. The van der Waals surface area contributed by atoms with E-state index in [-0.39, 0.29) is 18.0 Å². The summed E-state index contributed by atoms with van der Waals surface area (Å²) < 4.78 is 13.6. The molecule has 0 saturated heterocycles. The molecule has 25 heavy (non-hydrogen) atoms. The molecule has 0 radical (unpaired) electrons. The van der Waals surface area contributed by atoms with Gasteiger partial charge in [0.2, 0.25) is 5.91 Å². The van der Waals surface area contributed by atoms with Crippen LogP contribution < -0.4 is 10.2 Å². The van der Waals surface area contributed by atoms with E-state index < -0.39 is 11.7 Å². The van der Waals surface area contributed by atoms with Gasteiger partial charge in [-0.25, -0.2) is 4.39 Å². The summed E-state index contributed by atoms with van der Waals surface area (Å²) in [6, 6.07) is 11.8. The van der Waals surface area contributed by atoms with Gasteiger partial charge in [0.15, 0.2) is 0 Å². The van der Waals surface area contributed by atoms with Crippen LogP contribution >= 0.6 is 0 Å². The first-order chi connectivity index (χ1) is 12.0. The zero-order valence-electron chi connectivity index (χ0n) is 14.8. The van der Waals surface area contributed by atoms with Crippen LogP contribution in [0.15, 0.2) is 42.5 Å². The molecule has 0 fully saturated rings. The normalized spacial score (nSPS) is 10.4. The van der Waals surface area contributed by atoms with Crippen LogP contribution in [0.1, 0.15) is 35.3 Å². The number of hydrogen-bond donors (Lipinski definition) is 1. The number of carbonyl (C=O) groups excluding carboxylic acids is 2. The Hall–Kier alpha value is -2.69. The van der Waals surface area contributed by atoms with Gasteiger partial charge in [0.05, 0.1) is 5.56 Å². The quantitative estimate of drug-likeness (QED) is 0.874. The second kappa shape index (κ2) is 8.42. The number of anilines is 1. The van der Waals surface area contributed by atoms with Crippen LogP contribution in [0.5, 0.6) is 0 Å². The number of rotatable bonds is 6. The molecule has 0 aliphatic heterocycles. The van der Waals surface area contributed by atoms with Crippen LogP contribution in [0, 0.1) is 12.7 Å². The molecule has 0 unspecified atom stereocenters. The topological polar surface area (TPSA) is 49.4 Å². The molecular formula is C20H23FN2O2. The molecule has 2 amide bonds. The van der Waals surface area contributed by atoms with E-state index in [0.717, 1.165) is 23.2 Å². The molecule has 2 aromatic carbocycles. The van der Waals surface area contributed by atoms with Crippen molar-refractivity contribution in [3.8, 4) is 0 Å². The lowest BCUT2D eigenvalue weighted by Crippen LogP contribution is -2.38. The molecular weight excluding hydrogens is 319 g/mol. The summed E-state index contributed by atoms with van der Waals surface area (Å²) >= 11 is 0. The zero-order valence-corrected chi connectivity index (χ0v) is 14.8. The van der Waals surface area contributed by atoms with Gasteiger partial charge in [-0.15, -0.1) is 0 Å². The summed E-state index contributed by atoms with van der Waals surface area (Å²) in [7, 11) is 0. The summed E-state index contributed by atoms with van der Waals surface area (Å²) in [4.78, 5) is 25.9. The fraction of sp³-hybridized carbons (Fsp3) is 0.300. The van der Waals surface area contributed by atoms with Crippen LogP contribution in [-0.4, -0.2) is 24.9 Å². The molecule has 4 nitrogen and oxygen atoms in total. The largest absolute Gasteiger partial charge is 0.350 e. The Morgan fingerprint density at radius 1 is 1.12 bits per heavy atom. The summed E-state index contributed by atoms with van der Waals surface area (Å²) in [6.07, 6.45) is 0.808. The zero-order chi connectivity index (χ0) is 18.4. The monoisotopic (exact) mass is 342 g/mol. The molecule has 0 atom stereocenters. The number of aryl methyl sites for hydroxylation is 2. The number of nitrogens with one attached hydrogen (secondary N) is 1. The first-order valence-corrected chi connectivity index (χ1v) is 8.35. The SMILES string of the molecule is CCc1cccc(C)c1N(CCNC(=O)c1ccccc1F)C(C)=O. The van der Waals surface area contributed by atoms with E-state index in [9.17, 15) is 14.0 Å². The minimum Gasteiger partial charge on any atom is -0.350 e. The van der Waals surface area contributed by atoms with E-state index in [2.05, 4.69) is 5.32 Å². The van der Waals surface area contributed by atoms with E-state index in [1.54, 1.807) is 11.0 Å². The number of nitrogens with zero attached hydrogens (tertiary/aromatic N) is 1. The van der Waals surface area contributed by atoms with Gasteiger partial charge < -0.3 is 10.2 Å². The molecule has 0 aliphatic carbocycles. The van der Waals surface area contributed by atoms with Crippen LogP contribution in [0.25, 0.3) is 0 Å². The van der Waals surface area contributed by atoms with Crippen molar-refractivity contribution in [3.05, 3.63) is 65.0 Å². The van der Waals surface area contributed by atoms with E-state index in [4.69, 9.17) is 0 Å². The Morgan fingerprint density at radius 2 is 1.84 bits per heavy atom. The van der Waals surface area contributed by atoms with Crippen molar-refractivity contribution in [2.24, 2.45) is 0 Å². The van der Waals surface area contributed by atoms with Crippen molar-refractivity contribution >= 4 is 17.5 Å². The van der Waals surface area contributed by atoms with Crippen LogP contribution in [0.4, 0.5) is 10.1 Å². The summed E-state index contributed by atoms with van der Waals surface area (Å²) in [5, 5.41) is 2.68. The van der Waals surface area contributed by atoms with Gasteiger partial charge in [-0.3, -0.25) is 9.59 Å². The minimum atomic E-state index is -0.560. The Balaban J connectivity index is 2.10. The van der Waals surface area contributed by atoms with Gasteiger partial charge in [0.25, 0.3) is 5.91 Å². The highest BCUT2D eigenvalue weighted by Crippen LogP contribution is 2.25. The average Bonchev–Trinajstić information content (AvgIpc) is 2.59. The summed E-state index contributed by atoms with van der Waals surface area (Å²) in [6.45, 7) is 6.07. The first-order valence-electron chi connectivity index (χ1n) is 8.35. The van der Waals surface area contributed by atoms with Gasteiger partial charge >= 0.3 is 0 Å². The maximum absolute atomic E-state index is 13.6. The Morgan fingerprint density at radius 3 is 2.48 bits per heavy atom. The highest BCUT2D eigenvalue weighted by molar-refractivity contribution is 5.95. The summed E-state index contributed by atoms with van der Waals surface area (Å²) in [5.74, 6) is -1.14. The number of para-hydroxylation sites is 1. The third kappa shape index (κ3) is 4.44. The molecule has 2 aromatic rings. The van der Waals surface area contributed by atoms with Crippen molar-refractivity contribution in [2.45, 2.75) is 27.2 Å². The molecule has 5 heteroatoms. The van der Waals surface area contributed by atoms with Crippen LogP contribution in [0.3, 0.4) is 0 Å². The molecule has 0 bridgehead atoms. The van der Waals surface area contributed by atoms with E-state index in [1.807, 2.05) is 32.0 Å². The Bertz CT molecular complexity index is 774. The molecule has 2 rings (SSSR count). The number of amides is 2. The van der Waals surface area contributed by atoms with Crippen molar-refractivity contribution < 1.29 is 14.0 Å². The molecule has 0 saturated carbocycles. The highest BCUT2D eigenvalue weighted by atomic mass is 19.1. The van der Waals surface area contributed by atoms with Gasteiger partial charge in [0.1, 0.15) is 5.82 Å². The number of carbonyl (C=O) groups is 2. The second-order valence-electron chi connectivity index (χ2n) is 5.84. The van der Waals surface area contributed by atoms with E-state index >= 15 is 0 Å². The van der Waals surface area contributed by atoms with E-state index in [1.165, 1.54) is 25.1 Å². The maximum atomic E-state index is 13.6. The van der Waals surface area contributed by atoms with Crippen molar-refractivity contribution in [2.75, 3.05) is 18.0 Å². The predicted molar refractivity (Wildman–Crippen MR) is 97.3 cm³/mol. The summed E-state index contributed by atoms with van der Waals surface area (Å²) in [5.41, 5.74) is 2.98. The van der Waals surface area contributed by atoms with E-state index in [0.29, 0.717) is 6.54 Å². The fourth-order valence-corrected chi connectivity index (χ4v) is 2.84. The van der Waals surface area contributed by atoms with Gasteiger partial charge in [-0.2, -0.15) is 0 Å². The lowest BCUT2D eigenvalue weighted by molar-refractivity contribution is -0.116. The van der Waals surface area contributed by atoms with Crippen LogP contribution in [0.2, 0.25) is 0 Å². The third-order valence-corrected chi connectivity index (χ3v) is 4.09. The number of hydrogen-bond acceptors (Lipinski definition) is 2. The molecule has 0 aliphatic rings. The van der Waals surface area contributed by atoms with Gasteiger partial charge in [0, 0.05) is 25.7 Å². The molecule has 0 heterocycles. The lowest BCUT2D eigenvalue weighted by Gasteiger charge is -2.26. The predicted octanol–water partition coefficient (Wildman–Crippen LogP) is 3.48. The molecule has 132 valence electrons. The van der Waals surface area contributed by atoms with Gasteiger partial charge in [-0.1, -0.05) is 37.3 Å². The lowest BCUT2D eigenvalue weighted by atomic mass is 10.0. The number of halogens is 1. The Labute approximate surface area is 147 Å². The molecule has 0 spiro atoms. The maximum Gasteiger partial charge on any atom is 0.254 e. The third-order valence-electron chi connectivity index (χ3n) is 4.09. The minimum absolute atomic E-state index is 0.00186. The smallest absolute Gasteiger partial charge is 0.254 e. The molecule has 0 aromatic heterocycles. The Kier molecular flexibility index (Phi) is 6.28. The fourth-order valence-electron chi connectivity index (χ4n) is 2.84. The van der Waals surface area contributed by atoms with Crippen molar-refractivity contribution in [3.63, 3.8) is 0 Å². The van der Waals surface area contributed by atoms with Crippen molar-refractivity contribution in [1.29, 1.82) is 0 Å². The standard InChI is InChI=1S/C20H23FN2O2/c1-4-16-9-7-8-14(2)19(16)23(15(3)24)13-12-22-20(25)17-10-5-6-11-18(17)21/h5-11H,4,12-13H2,1-3H3,(H,22,25).